The van der Waals surface area contributed by atoms with Gasteiger partial charge in [-0.1, -0.05) is 0 Å². The van der Waals surface area contributed by atoms with Crippen molar-refractivity contribution in [1.82, 2.24) is 15.1 Å². The molecule has 1 aliphatic rings. The van der Waals surface area contributed by atoms with Gasteiger partial charge in [-0.25, -0.2) is 4.79 Å². The van der Waals surface area contributed by atoms with Gasteiger partial charge in [0.15, 0.2) is 0 Å². The van der Waals surface area contributed by atoms with Gasteiger partial charge in [0.1, 0.15) is 5.60 Å². The van der Waals surface area contributed by atoms with Crippen molar-refractivity contribution in [3.8, 4) is 0 Å². The van der Waals surface area contributed by atoms with Crippen LogP contribution in [0, 0.1) is 0 Å². The Morgan fingerprint density at radius 2 is 2.13 bits per heavy atom. The standard InChI is InChI=1S/C16H28N4O3/c1-16(2,3)23-15(21)19-13-6-5-12(9-13)18-14-10-17-20(11-14)7-8-22-4/h10-13,18H,5-9H2,1-4H3,(H,19,21). The number of hydrogen-bond acceptors (Lipinski definition) is 5. The molecule has 23 heavy (non-hydrogen) atoms. The summed E-state index contributed by atoms with van der Waals surface area (Å²) in [6.45, 7) is 6.99. The van der Waals surface area contributed by atoms with E-state index < -0.39 is 5.60 Å². The highest BCUT2D eigenvalue weighted by atomic mass is 16.6. The molecule has 2 atom stereocenters. The van der Waals surface area contributed by atoms with Gasteiger partial charge in [0.2, 0.25) is 0 Å². The number of nitrogens with one attached hydrogen (secondary N) is 2. The summed E-state index contributed by atoms with van der Waals surface area (Å²) in [5.74, 6) is 0. The molecule has 1 aromatic heterocycles. The second-order valence-electron chi connectivity index (χ2n) is 6.98. The lowest BCUT2D eigenvalue weighted by molar-refractivity contribution is 0.0505. The van der Waals surface area contributed by atoms with E-state index in [4.69, 9.17) is 9.47 Å². The van der Waals surface area contributed by atoms with Crippen LogP contribution in [-0.2, 0) is 16.0 Å². The minimum atomic E-state index is -0.461. The molecule has 0 aromatic carbocycles. The van der Waals surface area contributed by atoms with Crippen LogP contribution in [0.3, 0.4) is 0 Å². The van der Waals surface area contributed by atoms with Gasteiger partial charge in [-0.05, 0) is 40.0 Å². The Kier molecular flexibility index (Phi) is 5.87. The van der Waals surface area contributed by atoms with Crippen LogP contribution in [0.15, 0.2) is 12.4 Å². The van der Waals surface area contributed by atoms with E-state index in [-0.39, 0.29) is 12.1 Å². The van der Waals surface area contributed by atoms with Crippen LogP contribution >= 0.6 is 0 Å². The Morgan fingerprint density at radius 1 is 1.39 bits per heavy atom. The molecule has 0 bridgehead atoms. The van der Waals surface area contributed by atoms with Crippen molar-refractivity contribution in [3.63, 3.8) is 0 Å². The van der Waals surface area contributed by atoms with Crippen molar-refractivity contribution in [1.29, 1.82) is 0 Å². The third kappa shape index (κ3) is 6.09. The number of carbonyl (C=O) groups excluding carboxylic acids is 1. The Labute approximate surface area is 137 Å². The number of rotatable bonds is 6. The molecule has 2 rings (SSSR count). The van der Waals surface area contributed by atoms with Gasteiger partial charge in [0, 0.05) is 25.4 Å². The fourth-order valence-electron chi connectivity index (χ4n) is 2.70. The summed E-state index contributed by atoms with van der Waals surface area (Å²) in [6, 6.07) is 0.501. The molecule has 7 nitrogen and oxygen atoms in total. The normalized spacial score (nSPS) is 21.2. The minimum absolute atomic E-state index is 0.158. The zero-order chi connectivity index (χ0) is 16.9. The fraction of sp³-hybridized carbons (Fsp3) is 0.750. The Balaban J connectivity index is 1.75. The first-order chi connectivity index (χ1) is 10.9. The van der Waals surface area contributed by atoms with Gasteiger partial charge in [-0.2, -0.15) is 5.10 Å². The first-order valence-electron chi connectivity index (χ1n) is 8.13. The molecular weight excluding hydrogens is 296 g/mol. The summed E-state index contributed by atoms with van der Waals surface area (Å²) in [5, 5.41) is 10.7. The van der Waals surface area contributed by atoms with Crippen LogP contribution in [0.2, 0.25) is 0 Å². The number of aromatic nitrogens is 2. The minimum Gasteiger partial charge on any atom is -0.444 e. The number of hydrogen-bond donors (Lipinski definition) is 2. The molecule has 1 aromatic rings. The van der Waals surface area contributed by atoms with Crippen LogP contribution in [0.25, 0.3) is 0 Å². The van der Waals surface area contributed by atoms with E-state index in [1.54, 1.807) is 7.11 Å². The molecule has 1 amide bonds. The highest BCUT2D eigenvalue weighted by Gasteiger charge is 2.27. The molecule has 1 aliphatic carbocycles. The topological polar surface area (TPSA) is 77.4 Å². The molecular formula is C16H28N4O3. The number of nitrogens with zero attached hydrogens (tertiary/aromatic N) is 2. The number of methoxy groups -OCH3 is 1. The summed E-state index contributed by atoms with van der Waals surface area (Å²) in [4.78, 5) is 11.8. The Bertz CT molecular complexity index is 510. The predicted molar refractivity (Wildman–Crippen MR) is 88.5 cm³/mol. The summed E-state index contributed by atoms with van der Waals surface area (Å²) < 4.78 is 12.2. The second kappa shape index (κ2) is 7.68. The molecule has 2 N–H and O–H groups in total. The van der Waals surface area contributed by atoms with Crippen LogP contribution in [-0.4, -0.2) is 47.3 Å². The van der Waals surface area contributed by atoms with Gasteiger partial charge in [-0.3, -0.25) is 4.68 Å². The lowest BCUT2D eigenvalue weighted by Crippen LogP contribution is -2.38. The van der Waals surface area contributed by atoms with E-state index in [0.29, 0.717) is 12.6 Å². The average Bonchev–Trinajstić information content (AvgIpc) is 3.04. The molecule has 0 spiro atoms. The smallest absolute Gasteiger partial charge is 0.407 e. The molecule has 0 radical (unpaired) electrons. The van der Waals surface area contributed by atoms with Crippen molar-refractivity contribution in [2.75, 3.05) is 19.0 Å². The summed E-state index contributed by atoms with van der Waals surface area (Å²) >= 11 is 0. The monoisotopic (exact) mass is 324 g/mol. The van der Waals surface area contributed by atoms with E-state index in [1.807, 2.05) is 37.8 Å². The van der Waals surface area contributed by atoms with E-state index in [2.05, 4.69) is 15.7 Å². The average molecular weight is 324 g/mol. The summed E-state index contributed by atoms with van der Waals surface area (Å²) in [7, 11) is 1.68. The molecule has 2 unspecified atom stereocenters. The largest absolute Gasteiger partial charge is 0.444 e. The quantitative estimate of drug-likeness (QED) is 0.840. The summed E-state index contributed by atoms with van der Waals surface area (Å²) in [6.07, 6.45) is 6.33. The number of alkyl carbamates (subject to hydrolysis) is 1. The molecule has 130 valence electrons. The predicted octanol–water partition coefficient (Wildman–Crippen LogP) is 2.39. The molecule has 1 saturated carbocycles. The van der Waals surface area contributed by atoms with Gasteiger partial charge in [0.25, 0.3) is 0 Å². The van der Waals surface area contributed by atoms with Gasteiger partial charge in [0.05, 0.1) is 25.0 Å². The second-order valence-corrected chi connectivity index (χ2v) is 6.98. The van der Waals surface area contributed by atoms with Crippen molar-refractivity contribution in [2.24, 2.45) is 0 Å². The molecule has 7 heteroatoms. The van der Waals surface area contributed by atoms with E-state index in [1.165, 1.54) is 0 Å². The molecule has 0 saturated heterocycles. The van der Waals surface area contributed by atoms with Crippen molar-refractivity contribution < 1.29 is 14.3 Å². The van der Waals surface area contributed by atoms with Crippen molar-refractivity contribution in [3.05, 3.63) is 12.4 Å². The van der Waals surface area contributed by atoms with Crippen molar-refractivity contribution in [2.45, 2.75) is 64.3 Å². The molecule has 1 fully saturated rings. The third-order valence-electron chi connectivity index (χ3n) is 3.68. The lowest BCUT2D eigenvalue weighted by atomic mass is 10.2. The Morgan fingerprint density at radius 3 is 2.83 bits per heavy atom. The molecule has 1 heterocycles. The highest BCUT2D eigenvalue weighted by molar-refractivity contribution is 5.68. The fourth-order valence-corrected chi connectivity index (χ4v) is 2.70. The van der Waals surface area contributed by atoms with Gasteiger partial charge >= 0.3 is 6.09 Å². The third-order valence-corrected chi connectivity index (χ3v) is 3.68. The van der Waals surface area contributed by atoms with E-state index >= 15 is 0 Å². The van der Waals surface area contributed by atoms with Crippen LogP contribution in [0.4, 0.5) is 10.5 Å². The van der Waals surface area contributed by atoms with Crippen LogP contribution < -0.4 is 10.6 Å². The van der Waals surface area contributed by atoms with E-state index in [9.17, 15) is 4.79 Å². The first kappa shape index (κ1) is 17.6. The number of amides is 1. The Hall–Kier alpha value is -1.76. The molecule has 0 aliphatic heterocycles. The van der Waals surface area contributed by atoms with Crippen molar-refractivity contribution >= 4 is 11.8 Å². The number of carbonyl (C=O) groups is 1. The maximum absolute atomic E-state index is 11.8. The zero-order valence-electron chi connectivity index (χ0n) is 14.5. The van der Waals surface area contributed by atoms with E-state index in [0.717, 1.165) is 31.5 Å². The van der Waals surface area contributed by atoms with Crippen LogP contribution in [0.5, 0.6) is 0 Å². The highest BCUT2D eigenvalue weighted by Crippen LogP contribution is 2.23. The maximum atomic E-state index is 11.8. The summed E-state index contributed by atoms with van der Waals surface area (Å²) in [5.41, 5.74) is 0.543. The maximum Gasteiger partial charge on any atom is 0.407 e. The number of ether oxygens (including phenoxy) is 2. The van der Waals surface area contributed by atoms with Gasteiger partial charge in [-0.15, -0.1) is 0 Å². The lowest BCUT2D eigenvalue weighted by Gasteiger charge is -2.21. The zero-order valence-corrected chi connectivity index (χ0v) is 14.5. The van der Waals surface area contributed by atoms with Crippen LogP contribution in [0.1, 0.15) is 40.0 Å². The van der Waals surface area contributed by atoms with Gasteiger partial charge < -0.3 is 20.1 Å². The number of anilines is 1. The first-order valence-corrected chi connectivity index (χ1v) is 8.13. The SMILES string of the molecule is COCCn1cc(NC2CCC(NC(=O)OC(C)(C)C)C2)cn1.